The predicted molar refractivity (Wildman–Crippen MR) is 122 cm³/mol. The van der Waals surface area contributed by atoms with Crippen LogP contribution in [0.1, 0.15) is 63.0 Å². The lowest BCUT2D eigenvalue weighted by molar-refractivity contribution is 0.198. The Morgan fingerprint density at radius 1 is 1.22 bits per heavy atom. The van der Waals surface area contributed by atoms with E-state index in [0.29, 0.717) is 25.2 Å². The van der Waals surface area contributed by atoms with Crippen molar-refractivity contribution in [1.82, 2.24) is 40.2 Å². The first-order valence-electron chi connectivity index (χ1n) is 11.4. The van der Waals surface area contributed by atoms with Crippen molar-refractivity contribution in [2.45, 2.75) is 84.3 Å². The molecule has 0 radical (unpaired) electrons. The average Bonchev–Trinajstić information content (AvgIpc) is 3.36. The van der Waals surface area contributed by atoms with Gasteiger partial charge < -0.3 is 19.9 Å². The van der Waals surface area contributed by atoms with Gasteiger partial charge in [0.15, 0.2) is 0 Å². The van der Waals surface area contributed by atoms with Crippen LogP contribution in [-0.4, -0.2) is 60.9 Å². The fraction of sp³-hybridized carbons (Fsp3) is 0.682. The second-order valence-electron chi connectivity index (χ2n) is 9.50. The largest absolute Gasteiger partial charge is 0.384 e. The van der Waals surface area contributed by atoms with Crippen LogP contribution in [0.15, 0.2) is 0 Å². The summed E-state index contributed by atoms with van der Waals surface area (Å²) in [5, 5.41) is 18.5. The van der Waals surface area contributed by atoms with Crippen molar-refractivity contribution in [3.8, 4) is 0 Å². The lowest BCUT2D eigenvalue weighted by atomic mass is 9.95. The van der Waals surface area contributed by atoms with Gasteiger partial charge in [-0.05, 0) is 56.5 Å². The lowest BCUT2D eigenvalue weighted by Gasteiger charge is -2.30. The molecule has 0 spiro atoms. The van der Waals surface area contributed by atoms with Crippen LogP contribution < -0.4 is 10.6 Å². The average molecular weight is 443 g/mol. The molecule has 10 nitrogen and oxygen atoms in total. The smallest absolute Gasteiger partial charge is 0.315 e. The Morgan fingerprint density at radius 3 is 2.69 bits per heavy atom. The molecule has 10 heteroatoms. The summed E-state index contributed by atoms with van der Waals surface area (Å²) in [6.07, 6.45) is 6.40. The number of nitrogens with one attached hydrogen (secondary N) is 2. The monoisotopic (exact) mass is 442 g/mol. The molecule has 3 aromatic heterocycles. The molecular weight excluding hydrogens is 408 g/mol. The number of urea groups is 1. The zero-order valence-electron chi connectivity index (χ0n) is 19.7. The maximum atomic E-state index is 12.7. The highest BCUT2D eigenvalue weighted by atomic mass is 16.5. The van der Waals surface area contributed by atoms with E-state index in [1.807, 2.05) is 20.8 Å². The van der Waals surface area contributed by atoms with Gasteiger partial charge in [0.05, 0.1) is 17.7 Å². The van der Waals surface area contributed by atoms with Gasteiger partial charge >= 0.3 is 6.03 Å². The molecule has 0 unspecified atom stereocenters. The molecule has 0 bridgehead atoms. The van der Waals surface area contributed by atoms with Gasteiger partial charge in [-0.15, -0.1) is 5.10 Å². The minimum absolute atomic E-state index is 0.110. The van der Waals surface area contributed by atoms with Crippen molar-refractivity contribution in [2.24, 2.45) is 0 Å². The highest BCUT2D eigenvalue weighted by Crippen LogP contribution is 2.27. The highest BCUT2D eigenvalue weighted by molar-refractivity contribution is 5.91. The molecule has 32 heavy (non-hydrogen) atoms. The fourth-order valence-corrected chi connectivity index (χ4v) is 4.69. The number of imidazole rings is 1. The molecule has 2 amide bonds. The van der Waals surface area contributed by atoms with Gasteiger partial charge in [0.25, 0.3) is 0 Å². The molecule has 0 aromatic carbocycles. The molecule has 1 fully saturated rings. The standard InChI is InChI=1S/C22H34N8O2/c1-14-15(2)30-20(26-27-28-30)18-19(14)29(17(24-18)11-12-32-5)13-22(3,4)25-21(31)23-16-9-7-6-8-10-16/h16H,6-13H2,1-5H3,(H2,23,25,31). The summed E-state index contributed by atoms with van der Waals surface area (Å²) < 4.78 is 9.24. The summed E-state index contributed by atoms with van der Waals surface area (Å²) >= 11 is 0. The van der Waals surface area contributed by atoms with E-state index in [0.717, 1.165) is 41.0 Å². The van der Waals surface area contributed by atoms with Crippen LogP contribution in [0.3, 0.4) is 0 Å². The second kappa shape index (κ2) is 9.01. The van der Waals surface area contributed by atoms with E-state index in [-0.39, 0.29) is 12.1 Å². The van der Waals surface area contributed by atoms with E-state index in [4.69, 9.17) is 9.72 Å². The van der Waals surface area contributed by atoms with Crippen molar-refractivity contribution >= 4 is 22.7 Å². The third kappa shape index (κ3) is 4.41. The number of aryl methyl sites for hydroxylation is 2. The molecule has 4 rings (SSSR count). The molecule has 2 N–H and O–H groups in total. The Hall–Kier alpha value is -2.75. The molecule has 0 atom stereocenters. The van der Waals surface area contributed by atoms with E-state index in [1.165, 1.54) is 19.3 Å². The summed E-state index contributed by atoms with van der Waals surface area (Å²) in [6.45, 7) is 9.27. The highest BCUT2D eigenvalue weighted by Gasteiger charge is 2.27. The van der Waals surface area contributed by atoms with E-state index < -0.39 is 5.54 Å². The van der Waals surface area contributed by atoms with Gasteiger partial charge in [-0.3, -0.25) is 0 Å². The van der Waals surface area contributed by atoms with Gasteiger partial charge in [0.2, 0.25) is 5.65 Å². The zero-order chi connectivity index (χ0) is 22.9. The topological polar surface area (TPSA) is 111 Å². The molecule has 1 aliphatic rings. The molecule has 174 valence electrons. The molecule has 0 saturated heterocycles. The summed E-state index contributed by atoms with van der Waals surface area (Å²) in [5.41, 5.74) is 3.95. The number of hydrogen-bond donors (Lipinski definition) is 2. The Kier molecular flexibility index (Phi) is 6.32. The molecule has 3 heterocycles. The first-order valence-corrected chi connectivity index (χ1v) is 11.4. The number of aromatic nitrogens is 6. The van der Waals surface area contributed by atoms with Crippen LogP contribution in [0.4, 0.5) is 4.79 Å². The minimum Gasteiger partial charge on any atom is -0.384 e. The SMILES string of the molecule is COCCc1nc2c(c(C)c(C)n3nnnc23)n1CC(C)(C)NC(=O)NC1CCCCC1. The number of rotatable bonds is 7. The summed E-state index contributed by atoms with van der Waals surface area (Å²) in [4.78, 5) is 17.6. The van der Waals surface area contributed by atoms with Crippen LogP contribution in [-0.2, 0) is 17.7 Å². The van der Waals surface area contributed by atoms with Gasteiger partial charge in [-0.25, -0.2) is 9.78 Å². The van der Waals surface area contributed by atoms with Crippen LogP contribution in [0.2, 0.25) is 0 Å². The number of carbonyl (C=O) groups is 1. The first-order chi connectivity index (χ1) is 15.3. The summed E-state index contributed by atoms with van der Waals surface area (Å²) in [7, 11) is 1.68. The van der Waals surface area contributed by atoms with E-state index in [2.05, 4.69) is 37.6 Å². The molecular formula is C22H34N8O2. The lowest BCUT2D eigenvalue weighted by Crippen LogP contribution is -2.53. The molecule has 1 aliphatic carbocycles. The Bertz CT molecular complexity index is 1110. The Balaban J connectivity index is 1.65. The van der Waals surface area contributed by atoms with E-state index in [9.17, 15) is 4.79 Å². The van der Waals surface area contributed by atoms with Crippen LogP contribution in [0.25, 0.3) is 16.7 Å². The third-order valence-corrected chi connectivity index (χ3v) is 6.42. The molecule has 1 saturated carbocycles. The summed E-state index contributed by atoms with van der Waals surface area (Å²) in [6, 6.07) is 0.159. The number of ether oxygens (including phenoxy) is 1. The van der Waals surface area contributed by atoms with Crippen molar-refractivity contribution in [1.29, 1.82) is 0 Å². The first kappa shape index (κ1) is 22.4. The van der Waals surface area contributed by atoms with Crippen LogP contribution >= 0.6 is 0 Å². The molecule has 0 aliphatic heterocycles. The van der Waals surface area contributed by atoms with Crippen molar-refractivity contribution in [2.75, 3.05) is 13.7 Å². The zero-order valence-corrected chi connectivity index (χ0v) is 19.7. The van der Waals surface area contributed by atoms with Crippen molar-refractivity contribution < 1.29 is 9.53 Å². The maximum absolute atomic E-state index is 12.7. The van der Waals surface area contributed by atoms with Crippen molar-refractivity contribution in [3.63, 3.8) is 0 Å². The van der Waals surface area contributed by atoms with E-state index in [1.54, 1.807) is 11.6 Å². The quantitative estimate of drug-likeness (QED) is 0.582. The number of tetrazole rings is 1. The summed E-state index contributed by atoms with van der Waals surface area (Å²) in [5.74, 6) is 0.892. The number of carbonyl (C=O) groups excluding carboxylic acids is 1. The number of methoxy groups -OCH3 is 1. The minimum atomic E-state index is -0.493. The molecule has 3 aromatic rings. The Morgan fingerprint density at radius 2 is 1.97 bits per heavy atom. The van der Waals surface area contributed by atoms with Gasteiger partial charge in [0.1, 0.15) is 11.3 Å². The number of fused-ring (bicyclic) bond motifs is 3. The normalized spacial score (nSPS) is 15.5. The van der Waals surface area contributed by atoms with Crippen molar-refractivity contribution in [3.05, 3.63) is 17.1 Å². The van der Waals surface area contributed by atoms with Gasteiger partial charge in [-0.1, -0.05) is 19.3 Å². The van der Waals surface area contributed by atoms with Gasteiger partial charge in [-0.2, -0.15) is 4.52 Å². The van der Waals surface area contributed by atoms with E-state index >= 15 is 0 Å². The third-order valence-electron chi connectivity index (χ3n) is 6.42. The number of amides is 2. The van der Waals surface area contributed by atoms with Crippen LogP contribution in [0, 0.1) is 13.8 Å². The number of nitrogens with zero attached hydrogens (tertiary/aromatic N) is 6. The maximum Gasteiger partial charge on any atom is 0.315 e. The van der Waals surface area contributed by atoms with Gasteiger partial charge in [0, 0.05) is 31.8 Å². The van der Waals surface area contributed by atoms with Crippen LogP contribution in [0.5, 0.6) is 0 Å². The predicted octanol–water partition coefficient (Wildman–Crippen LogP) is 2.69. The number of hydrogen-bond acceptors (Lipinski definition) is 6. The second-order valence-corrected chi connectivity index (χ2v) is 9.50. The Labute approximate surface area is 188 Å². The number of pyridine rings is 1. The fourth-order valence-electron chi connectivity index (χ4n) is 4.69.